The standard InChI is InChI=1S/C19H20N2O3/c1-12-3-4-14(9-13(12)2)19-20-15-10-17-18(24-8-7-23-17)11-16(15)21(19)5-6-22/h3-4,9-11,22H,5-8H2,1-2H3. The van der Waals surface area contributed by atoms with Gasteiger partial charge in [-0.05, 0) is 31.0 Å². The first kappa shape index (κ1) is 15.0. The zero-order valence-corrected chi connectivity index (χ0v) is 13.9. The van der Waals surface area contributed by atoms with Crippen LogP contribution in [-0.4, -0.2) is 34.5 Å². The highest BCUT2D eigenvalue weighted by Crippen LogP contribution is 2.36. The third-order valence-corrected chi connectivity index (χ3v) is 4.50. The van der Waals surface area contributed by atoms with Crippen LogP contribution in [0.2, 0.25) is 0 Å². The second kappa shape index (κ2) is 5.83. The molecule has 3 aromatic rings. The summed E-state index contributed by atoms with van der Waals surface area (Å²) >= 11 is 0. The highest BCUT2D eigenvalue weighted by atomic mass is 16.6. The molecule has 0 aliphatic carbocycles. The SMILES string of the molecule is Cc1ccc(-c2nc3cc4c(cc3n2CCO)OCCO4)cc1C. The normalized spacial score (nSPS) is 13.5. The van der Waals surface area contributed by atoms with E-state index in [4.69, 9.17) is 14.5 Å². The van der Waals surface area contributed by atoms with Crippen molar-refractivity contribution in [3.05, 3.63) is 41.5 Å². The van der Waals surface area contributed by atoms with E-state index in [9.17, 15) is 5.11 Å². The van der Waals surface area contributed by atoms with Gasteiger partial charge in [-0.25, -0.2) is 4.98 Å². The maximum absolute atomic E-state index is 9.50. The minimum absolute atomic E-state index is 0.0533. The van der Waals surface area contributed by atoms with Crippen molar-refractivity contribution in [2.45, 2.75) is 20.4 Å². The zero-order valence-electron chi connectivity index (χ0n) is 13.9. The van der Waals surface area contributed by atoms with Gasteiger partial charge in [-0.15, -0.1) is 0 Å². The van der Waals surface area contributed by atoms with Crippen LogP contribution < -0.4 is 9.47 Å². The van der Waals surface area contributed by atoms with Crippen LogP contribution in [-0.2, 0) is 6.54 Å². The van der Waals surface area contributed by atoms with Crippen LogP contribution in [0.15, 0.2) is 30.3 Å². The van der Waals surface area contributed by atoms with Crippen molar-refractivity contribution in [3.8, 4) is 22.9 Å². The van der Waals surface area contributed by atoms with Gasteiger partial charge in [0.1, 0.15) is 19.0 Å². The van der Waals surface area contributed by atoms with Crippen molar-refractivity contribution in [2.75, 3.05) is 19.8 Å². The highest BCUT2D eigenvalue weighted by molar-refractivity contribution is 5.84. The topological polar surface area (TPSA) is 56.5 Å². The van der Waals surface area contributed by atoms with E-state index < -0.39 is 0 Å². The number of aliphatic hydroxyl groups is 1. The van der Waals surface area contributed by atoms with Gasteiger partial charge in [0.2, 0.25) is 0 Å². The molecule has 0 unspecified atom stereocenters. The molecule has 2 aromatic carbocycles. The van der Waals surface area contributed by atoms with E-state index in [2.05, 4.69) is 32.0 Å². The lowest BCUT2D eigenvalue weighted by Crippen LogP contribution is -2.15. The van der Waals surface area contributed by atoms with Gasteiger partial charge in [0, 0.05) is 24.2 Å². The molecule has 1 aromatic heterocycles. The zero-order chi connectivity index (χ0) is 16.7. The number of hydrogen-bond donors (Lipinski definition) is 1. The van der Waals surface area contributed by atoms with E-state index >= 15 is 0 Å². The van der Waals surface area contributed by atoms with Gasteiger partial charge >= 0.3 is 0 Å². The number of aromatic nitrogens is 2. The number of fused-ring (bicyclic) bond motifs is 2. The number of benzene rings is 2. The fourth-order valence-electron chi connectivity index (χ4n) is 3.09. The molecule has 0 radical (unpaired) electrons. The number of nitrogens with zero attached hydrogens (tertiary/aromatic N) is 2. The number of rotatable bonds is 3. The van der Waals surface area contributed by atoms with Crippen LogP contribution in [0.25, 0.3) is 22.4 Å². The Morgan fingerprint density at radius 1 is 1.04 bits per heavy atom. The Hall–Kier alpha value is -2.53. The van der Waals surface area contributed by atoms with Gasteiger partial charge in [-0.1, -0.05) is 12.1 Å². The molecule has 0 spiro atoms. The molecule has 0 fully saturated rings. The molecule has 2 heterocycles. The second-order valence-corrected chi connectivity index (χ2v) is 6.09. The monoisotopic (exact) mass is 324 g/mol. The third kappa shape index (κ3) is 2.41. The van der Waals surface area contributed by atoms with Gasteiger partial charge in [0.15, 0.2) is 11.5 Å². The Labute approximate surface area is 140 Å². The summed E-state index contributed by atoms with van der Waals surface area (Å²) in [5.41, 5.74) is 5.31. The van der Waals surface area contributed by atoms with E-state index in [1.165, 1.54) is 11.1 Å². The molecule has 0 saturated heterocycles. The predicted molar refractivity (Wildman–Crippen MR) is 92.7 cm³/mol. The summed E-state index contributed by atoms with van der Waals surface area (Å²) < 4.78 is 13.4. The van der Waals surface area contributed by atoms with Crippen LogP contribution in [0.4, 0.5) is 0 Å². The summed E-state index contributed by atoms with van der Waals surface area (Å²) in [6.07, 6.45) is 0. The lowest BCUT2D eigenvalue weighted by atomic mass is 10.1. The van der Waals surface area contributed by atoms with Crippen molar-refractivity contribution in [2.24, 2.45) is 0 Å². The van der Waals surface area contributed by atoms with E-state index in [-0.39, 0.29) is 6.61 Å². The molecular formula is C19H20N2O3. The van der Waals surface area contributed by atoms with Crippen molar-refractivity contribution < 1.29 is 14.6 Å². The van der Waals surface area contributed by atoms with Gasteiger partial charge in [0.25, 0.3) is 0 Å². The Morgan fingerprint density at radius 3 is 2.50 bits per heavy atom. The van der Waals surface area contributed by atoms with E-state index in [1.54, 1.807) is 0 Å². The fraction of sp³-hybridized carbons (Fsp3) is 0.316. The molecule has 1 N–H and O–H groups in total. The van der Waals surface area contributed by atoms with Crippen LogP contribution in [0.5, 0.6) is 11.5 Å². The molecule has 0 saturated carbocycles. The number of aliphatic hydroxyl groups excluding tert-OH is 1. The average molecular weight is 324 g/mol. The van der Waals surface area contributed by atoms with Crippen LogP contribution in [0.3, 0.4) is 0 Å². The summed E-state index contributed by atoms with van der Waals surface area (Å²) in [4.78, 5) is 4.80. The van der Waals surface area contributed by atoms with E-state index in [0.717, 1.165) is 33.9 Å². The summed E-state index contributed by atoms with van der Waals surface area (Å²) in [6, 6.07) is 10.2. The van der Waals surface area contributed by atoms with Gasteiger partial charge < -0.3 is 19.1 Å². The number of imidazole rings is 1. The third-order valence-electron chi connectivity index (χ3n) is 4.50. The summed E-state index contributed by atoms with van der Waals surface area (Å²) in [5.74, 6) is 2.32. The van der Waals surface area contributed by atoms with E-state index in [1.807, 2.05) is 16.7 Å². The quantitative estimate of drug-likeness (QED) is 0.804. The molecule has 0 bridgehead atoms. The van der Waals surface area contributed by atoms with Crippen molar-refractivity contribution in [1.29, 1.82) is 0 Å². The van der Waals surface area contributed by atoms with Gasteiger partial charge in [0.05, 0.1) is 17.6 Å². The summed E-state index contributed by atoms with van der Waals surface area (Å²) in [5, 5.41) is 9.50. The number of hydrogen-bond acceptors (Lipinski definition) is 4. The number of aryl methyl sites for hydroxylation is 2. The molecule has 0 amide bonds. The number of ether oxygens (including phenoxy) is 2. The highest BCUT2D eigenvalue weighted by Gasteiger charge is 2.19. The largest absolute Gasteiger partial charge is 0.486 e. The van der Waals surface area contributed by atoms with Crippen LogP contribution in [0.1, 0.15) is 11.1 Å². The Kier molecular flexibility index (Phi) is 3.65. The first-order valence-electron chi connectivity index (χ1n) is 8.16. The Bertz CT molecular complexity index is 915. The first-order valence-corrected chi connectivity index (χ1v) is 8.16. The smallest absolute Gasteiger partial charge is 0.163 e. The predicted octanol–water partition coefficient (Wildman–Crippen LogP) is 3.08. The molecule has 24 heavy (non-hydrogen) atoms. The average Bonchev–Trinajstić information content (AvgIpc) is 2.93. The molecule has 0 atom stereocenters. The molecule has 1 aliphatic rings. The second-order valence-electron chi connectivity index (χ2n) is 6.09. The fourth-order valence-corrected chi connectivity index (χ4v) is 3.09. The molecule has 5 nitrogen and oxygen atoms in total. The molecule has 124 valence electrons. The van der Waals surface area contributed by atoms with Crippen LogP contribution >= 0.6 is 0 Å². The minimum atomic E-state index is 0.0533. The molecular weight excluding hydrogens is 304 g/mol. The van der Waals surface area contributed by atoms with Crippen LogP contribution in [0, 0.1) is 13.8 Å². The molecule has 5 heteroatoms. The Balaban J connectivity index is 1.93. The molecule has 1 aliphatic heterocycles. The van der Waals surface area contributed by atoms with Gasteiger partial charge in [-0.3, -0.25) is 0 Å². The van der Waals surface area contributed by atoms with E-state index in [0.29, 0.717) is 19.8 Å². The minimum Gasteiger partial charge on any atom is -0.486 e. The molecule has 4 rings (SSSR count). The van der Waals surface area contributed by atoms with Crippen molar-refractivity contribution >= 4 is 11.0 Å². The first-order chi connectivity index (χ1) is 11.7. The maximum Gasteiger partial charge on any atom is 0.163 e. The summed E-state index contributed by atoms with van der Waals surface area (Å²) in [6.45, 7) is 5.84. The maximum atomic E-state index is 9.50. The van der Waals surface area contributed by atoms with Gasteiger partial charge in [-0.2, -0.15) is 0 Å². The summed E-state index contributed by atoms with van der Waals surface area (Å²) in [7, 11) is 0. The Morgan fingerprint density at radius 2 is 1.79 bits per heavy atom. The van der Waals surface area contributed by atoms with Crippen molar-refractivity contribution in [3.63, 3.8) is 0 Å². The lowest BCUT2D eigenvalue weighted by molar-refractivity contribution is 0.172. The van der Waals surface area contributed by atoms with Crippen molar-refractivity contribution in [1.82, 2.24) is 9.55 Å². The lowest BCUT2D eigenvalue weighted by Gasteiger charge is -2.18.